The number of amides is 1. The van der Waals surface area contributed by atoms with Gasteiger partial charge in [-0.25, -0.2) is 21.9 Å². The molecular weight excluding hydrogens is 368 g/mol. The molecule has 0 radical (unpaired) electrons. The van der Waals surface area contributed by atoms with Crippen LogP contribution in [0.3, 0.4) is 0 Å². The zero-order valence-corrected chi connectivity index (χ0v) is 14.8. The maximum Gasteiger partial charge on any atom is 0.217 e. The average molecular weight is 385 g/mol. The Morgan fingerprint density at radius 2 is 1.85 bits per heavy atom. The van der Waals surface area contributed by atoms with Crippen molar-refractivity contribution in [3.05, 3.63) is 35.7 Å². The van der Waals surface area contributed by atoms with E-state index in [9.17, 15) is 22.0 Å². The molecule has 26 heavy (non-hydrogen) atoms. The molecule has 1 N–H and O–H groups in total. The monoisotopic (exact) mass is 385 g/mol. The highest BCUT2D eigenvalue weighted by Gasteiger charge is 2.26. The lowest BCUT2D eigenvalue weighted by Gasteiger charge is -2.29. The van der Waals surface area contributed by atoms with Crippen LogP contribution in [-0.4, -0.2) is 53.9 Å². The number of nitrogens with one attached hydrogen (secondary N) is 1. The number of hydrogen-bond acceptors (Lipinski definition) is 6. The molecule has 8 nitrogen and oxygen atoms in total. The highest BCUT2D eigenvalue weighted by Crippen LogP contribution is 2.27. The second-order valence-corrected chi connectivity index (χ2v) is 8.26. The van der Waals surface area contributed by atoms with Gasteiger partial charge in [-0.15, -0.1) is 5.10 Å². The zero-order valence-electron chi connectivity index (χ0n) is 13.9. The molecule has 0 spiro atoms. The Balaban J connectivity index is 1.82. The number of carbonyl (C=O) groups excluding carboxylic acids is 1. The molecule has 140 valence electrons. The van der Waals surface area contributed by atoms with Crippen molar-refractivity contribution in [3.8, 4) is 5.69 Å². The lowest BCUT2D eigenvalue weighted by atomic mass is 10.2. The average Bonchev–Trinajstić information content (AvgIpc) is 3.02. The summed E-state index contributed by atoms with van der Waals surface area (Å²) < 4.78 is 53.1. The fourth-order valence-electron chi connectivity index (χ4n) is 2.64. The second-order valence-electron chi connectivity index (χ2n) is 5.96. The van der Waals surface area contributed by atoms with Gasteiger partial charge in [0, 0.05) is 32.1 Å². The summed E-state index contributed by atoms with van der Waals surface area (Å²) in [6.45, 7) is 1.60. The molecule has 1 aliphatic heterocycles. The van der Waals surface area contributed by atoms with Gasteiger partial charge in [0.05, 0.1) is 29.9 Å². The normalized spacial score (nSPS) is 16.5. The van der Waals surface area contributed by atoms with Crippen molar-refractivity contribution >= 4 is 21.4 Å². The van der Waals surface area contributed by atoms with E-state index >= 15 is 0 Å². The number of sulfone groups is 1. The van der Waals surface area contributed by atoms with Gasteiger partial charge < -0.3 is 10.2 Å². The summed E-state index contributed by atoms with van der Waals surface area (Å²) in [5.41, 5.74) is 0.323. The fraction of sp³-hybridized carbons (Fsp3) is 0.400. The Bertz CT molecular complexity index is 908. The standard InChI is InChI=1S/C15H17F2N5O3S/c1-10(23)18-8-11-9-22(20-19-11)12-6-13(16)15(14(17)7-12)21-2-4-26(24,25)5-3-21/h6-7,9H,2-5,8H2,1H3,(H,18,23). The lowest BCUT2D eigenvalue weighted by Crippen LogP contribution is -2.41. The van der Waals surface area contributed by atoms with Crippen molar-refractivity contribution < 1.29 is 22.0 Å². The third-order valence-corrected chi connectivity index (χ3v) is 5.60. The number of hydrogen-bond donors (Lipinski definition) is 1. The summed E-state index contributed by atoms with van der Waals surface area (Å²) in [5.74, 6) is -2.12. The van der Waals surface area contributed by atoms with Gasteiger partial charge in [-0.1, -0.05) is 5.21 Å². The topological polar surface area (TPSA) is 97.2 Å². The van der Waals surface area contributed by atoms with Crippen LogP contribution in [0.5, 0.6) is 0 Å². The van der Waals surface area contributed by atoms with Crippen LogP contribution in [0.15, 0.2) is 18.3 Å². The van der Waals surface area contributed by atoms with Crippen LogP contribution in [-0.2, 0) is 21.2 Å². The molecule has 11 heteroatoms. The van der Waals surface area contributed by atoms with E-state index in [-0.39, 0.29) is 48.4 Å². The first-order valence-corrected chi connectivity index (χ1v) is 9.68. The Kier molecular flexibility index (Phi) is 4.90. The maximum absolute atomic E-state index is 14.5. The Labute approximate surface area is 148 Å². The molecule has 1 amide bonds. The minimum Gasteiger partial charge on any atom is -0.365 e. The molecule has 1 aliphatic rings. The third kappa shape index (κ3) is 3.98. The molecule has 2 aromatic rings. The largest absolute Gasteiger partial charge is 0.365 e. The van der Waals surface area contributed by atoms with Crippen molar-refractivity contribution in [3.63, 3.8) is 0 Å². The van der Waals surface area contributed by atoms with Crippen LogP contribution in [0.2, 0.25) is 0 Å². The fourth-order valence-corrected chi connectivity index (χ4v) is 3.84. The van der Waals surface area contributed by atoms with Gasteiger partial charge in [-0.3, -0.25) is 4.79 Å². The second kappa shape index (κ2) is 6.98. The van der Waals surface area contributed by atoms with Crippen molar-refractivity contribution in [2.45, 2.75) is 13.5 Å². The van der Waals surface area contributed by atoms with E-state index in [1.54, 1.807) is 0 Å². The van der Waals surface area contributed by atoms with Gasteiger partial charge in [-0.05, 0) is 0 Å². The summed E-state index contributed by atoms with van der Waals surface area (Å²) in [7, 11) is -3.15. The minimum absolute atomic E-state index is 0.0414. The first kappa shape index (κ1) is 18.2. The SMILES string of the molecule is CC(=O)NCc1cn(-c2cc(F)c(N3CCS(=O)(=O)CC3)c(F)c2)nn1. The van der Waals surface area contributed by atoms with Gasteiger partial charge in [0.2, 0.25) is 5.91 Å². The van der Waals surface area contributed by atoms with E-state index in [1.807, 2.05) is 0 Å². The minimum atomic E-state index is -3.15. The zero-order chi connectivity index (χ0) is 18.9. The molecular formula is C15H17F2N5O3S. The highest BCUT2D eigenvalue weighted by molar-refractivity contribution is 7.91. The van der Waals surface area contributed by atoms with E-state index in [1.165, 1.54) is 22.7 Å². The number of nitrogens with zero attached hydrogens (tertiary/aromatic N) is 4. The van der Waals surface area contributed by atoms with Gasteiger partial charge >= 0.3 is 0 Å². The Hall–Kier alpha value is -2.56. The molecule has 1 aromatic heterocycles. The van der Waals surface area contributed by atoms with Crippen LogP contribution in [0.25, 0.3) is 5.69 Å². The third-order valence-electron chi connectivity index (χ3n) is 3.99. The van der Waals surface area contributed by atoms with E-state index in [2.05, 4.69) is 15.6 Å². The number of carbonyl (C=O) groups is 1. The molecule has 0 atom stereocenters. The summed E-state index contributed by atoms with van der Waals surface area (Å²) in [6, 6.07) is 2.22. The molecule has 0 unspecified atom stereocenters. The van der Waals surface area contributed by atoms with Crippen LogP contribution in [0.4, 0.5) is 14.5 Å². The number of halogens is 2. The Morgan fingerprint density at radius 1 is 1.23 bits per heavy atom. The van der Waals surface area contributed by atoms with Crippen LogP contribution >= 0.6 is 0 Å². The van der Waals surface area contributed by atoms with Crippen LogP contribution < -0.4 is 10.2 Å². The molecule has 0 bridgehead atoms. The molecule has 1 aromatic carbocycles. The first-order valence-electron chi connectivity index (χ1n) is 7.85. The van der Waals surface area contributed by atoms with Gasteiger partial charge in [0.1, 0.15) is 11.4 Å². The Morgan fingerprint density at radius 3 is 2.42 bits per heavy atom. The summed E-state index contributed by atoms with van der Waals surface area (Å²) in [4.78, 5) is 12.3. The van der Waals surface area contributed by atoms with Gasteiger partial charge in [0.25, 0.3) is 0 Å². The van der Waals surface area contributed by atoms with Crippen molar-refractivity contribution in [1.29, 1.82) is 0 Å². The quantitative estimate of drug-likeness (QED) is 0.819. The molecule has 2 heterocycles. The number of anilines is 1. The molecule has 3 rings (SSSR count). The van der Waals surface area contributed by atoms with E-state index in [0.29, 0.717) is 5.69 Å². The summed E-state index contributed by atoms with van der Waals surface area (Å²) >= 11 is 0. The van der Waals surface area contributed by atoms with E-state index in [4.69, 9.17) is 0 Å². The predicted octanol–water partition coefficient (Wildman–Crippen LogP) is 0.416. The molecule has 1 saturated heterocycles. The predicted molar refractivity (Wildman–Crippen MR) is 89.7 cm³/mol. The van der Waals surface area contributed by atoms with E-state index in [0.717, 1.165) is 12.1 Å². The van der Waals surface area contributed by atoms with Crippen LogP contribution in [0, 0.1) is 11.6 Å². The lowest BCUT2D eigenvalue weighted by molar-refractivity contribution is -0.119. The van der Waals surface area contributed by atoms with Crippen molar-refractivity contribution in [2.75, 3.05) is 29.5 Å². The number of rotatable bonds is 4. The smallest absolute Gasteiger partial charge is 0.217 e. The molecule has 0 aliphatic carbocycles. The number of aromatic nitrogens is 3. The highest BCUT2D eigenvalue weighted by atomic mass is 32.2. The van der Waals surface area contributed by atoms with Gasteiger partial charge in [-0.2, -0.15) is 0 Å². The summed E-state index contributed by atoms with van der Waals surface area (Å²) in [5, 5.41) is 10.2. The van der Waals surface area contributed by atoms with Crippen LogP contribution in [0.1, 0.15) is 12.6 Å². The maximum atomic E-state index is 14.5. The molecule has 0 saturated carbocycles. The molecule has 1 fully saturated rings. The summed E-state index contributed by atoms with van der Waals surface area (Å²) in [6.07, 6.45) is 1.46. The van der Waals surface area contributed by atoms with E-state index < -0.39 is 21.5 Å². The first-order chi connectivity index (χ1) is 12.2. The number of benzene rings is 1. The van der Waals surface area contributed by atoms with Gasteiger partial charge in [0.15, 0.2) is 21.5 Å². The van der Waals surface area contributed by atoms with Crippen molar-refractivity contribution in [1.82, 2.24) is 20.3 Å². The van der Waals surface area contributed by atoms with Crippen molar-refractivity contribution in [2.24, 2.45) is 0 Å².